The fourth-order valence-corrected chi connectivity index (χ4v) is 3.89. The molecule has 1 aromatic rings. The van der Waals surface area contributed by atoms with Crippen LogP contribution in [0.3, 0.4) is 0 Å². The molecule has 0 amide bonds. The van der Waals surface area contributed by atoms with Crippen LogP contribution < -0.4 is 4.74 Å². The van der Waals surface area contributed by atoms with Crippen LogP contribution in [0.25, 0.3) is 0 Å². The SMILES string of the molecule is CC1CCCC2(CC(=O)c3ccc(Br)cc3O2)C1C. The molecule has 102 valence electrons. The molecule has 0 aromatic heterocycles. The lowest BCUT2D eigenvalue weighted by Crippen LogP contribution is -2.51. The van der Waals surface area contributed by atoms with E-state index in [9.17, 15) is 4.79 Å². The Bertz CT molecular complexity index is 525. The van der Waals surface area contributed by atoms with Crippen LogP contribution in [0.15, 0.2) is 22.7 Å². The van der Waals surface area contributed by atoms with Crippen molar-refractivity contribution >= 4 is 21.7 Å². The zero-order valence-corrected chi connectivity index (χ0v) is 13.0. The molecule has 1 fully saturated rings. The number of hydrogen-bond acceptors (Lipinski definition) is 2. The monoisotopic (exact) mass is 322 g/mol. The minimum absolute atomic E-state index is 0.231. The van der Waals surface area contributed by atoms with Crippen LogP contribution in [0.2, 0.25) is 0 Å². The standard InChI is InChI=1S/C16H19BrO2/c1-10-4-3-7-16(11(10)2)9-14(18)13-6-5-12(17)8-15(13)19-16/h5-6,8,10-11H,3-4,7,9H2,1-2H3. The third kappa shape index (κ3) is 2.12. The van der Waals surface area contributed by atoms with Gasteiger partial charge in [-0.1, -0.05) is 36.2 Å². The summed E-state index contributed by atoms with van der Waals surface area (Å²) >= 11 is 3.46. The summed E-state index contributed by atoms with van der Waals surface area (Å²) in [6.07, 6.45) is 3.93. The molecule has 3 heteroatoms. The predicted octanol–water partition coefficient (Wildman–Crippen LogP) is 4.61. The van der Waals surface area contributed by atoms with Gasteiger partial charge in [-0.05, 0) is 42.9 Å². The van der Waals surface area contributed by atoms with Gasteiger partial charge in [-0.25, -0.2) is 0 Å². The number of ether oxygens (including phenoxy) is 1. The minimum atomic E-state index is -0.275. The minimum Gasteiger partial charge on any atom is -0.486 e. The molecule has 1 aliphatic heterocycles. The molecule has 0 bridgehead atoms. The smallest absolute Gasteiger partial charge is 0.170 e. The number of carbonyl (C=O) groups excluding carboxylic acids is 1. The second-order valence-corrected chi connectivity index (χ2v) is 6.98. The summed E-state index contributed by atoms with van der Waals surface area (Å²) in [5.74, 6) is 2.04. The second kappa shape index (κ2) is 4.62. The molecule has 3 atom stereocenters. The Morgan fingerprint density at radius 2 is 2.16 bits per heavy atom. The highest BCUT2D eigenvalue weighted by Crippen LogP contribution is 2.47. The molecular weight excluding hydrogens is 304 g/mol. The first-order valence-electron chi connectivity index (χ1n) is 7.04. The van der Waals surface area contributed by atoms with Gasteiger partial charge in [-0.15, -0.1) is 0 Å². The molecule has 3 rings (SSSR count). The quantitative estimate of drug-likeness (QED) is 0.697. The molecule has 1 saturated carbocycles. The van der Waals surface area contributed by atoms with Crippen molar-refractivity contribution < 1.29 is 9.53 Å². The number of hydrogen-bond donors (Lipinski definition) is 0. The van der Waals surface area contributed by atoms with Gasteiger partial charge in [0, 0.05) is 4.47 Å². The summed E-state index contributed by atoms with van der Waals surface area (Å²) < 4.78 is 7.31. The molecule has 19 heavy (non-hydrogen) atoms. The fourth-order valence-electron chi connectivity index (χ4n) is 3.55. The first-order chi connectivity index (χ1) is 9.02. The first kappa shape index (κ1) is 13.2. The molecule has 1 heterocycles. The first-order valence-corrected chi connectivity index (χ1v) is 7.83. The van der Waals surface area contributed by atoms with Crippen LogP contribution in [0.4, 0.5) is 0 Å². The lowest BCUT2D eigenvalue weighted by molar-refractivity contribution is -0.0466. The van der Waals surface area contributed by atoms with Gasteiger partial charge in [0.1, 0.15) is 11.4 Å². The van der Waals surface area contributed by atoms with Crippen molar-refractivity contribution in [3.63, 3.8) is 0 Å². The second-order valence-electron chi connectivity index (χ2n) is 6.07. The van der Waals surface area contributed by atoms with E-state index in [1.165, 1.54) is 6.42 Å². The zero-order chi connectivity index (χ0) is 13.6. The van der Waals surface area contributed by atoms with Crippen LogP contribution in [0.1, 0.15) is 49.9 Å². The van der Waals surface area contributed by atoms with Crippen molar-refractivity contribution in [3.8, 4) is 5.75 Å². The Hall–Kier alpha value is -0.830. The molecule has 3 unspecified atom stereocenters. The Labute approximate surface area is 122 Å². The predicted molar refractivity (Wildman–Crippen MR) is 78.6 cm³/mol. The average molecular weight is 323 g/mol. The van der Waals surface area contributed by atoms with E-state index in [0.717, 1.165) is 28.6 Å². The fraction of sp³-hybridized carbons (Fsp3) is 0.562. The van der Waals surface area contributed by atoms with Gasteiger partial charge in [0.15, 0.2) is 5.78 Å². The maximum Gasteiger partial charge on any atom is 0.170 e. The van der Waals surface area contributed by atoms with Crippen molar-refractivity contribution in [1.29, 1.82) is 0 Å². The number of Topliss-reactive ketones (excluding diaryl/α,β-unsaturated/α-hetero) is 1. The molecule has 0 saturated heterocycles. The lowest BCUT2D eigenvalue weighted by atomic mass is 9.67. The van der Waals surface area contributed by atoms with Crippen LogP contribution in [0, 0.1) is 11.8 Å². The zero-order valence-electron chi connectivity index (χ0n) is 11.4. The van der Waals surface area contributed by atoms with Crippen molar-refractivity contribution in [3.05, 3.63) is 28.2 Å². The van der Waals surface area contributed by atoms with E-state index >= 15 is 0 Å². The largest absolute Gasteiger partial charge is 0.486 e. The Balaban J connectivity index is 2.01. The number of fused-ring (bicyclic) bond motifs is 1. The summed E-state index contributed by atoms with van der Waals surface area (Å²) in [7, 11) is 0. The van der Waals surface area contributed by atoms with E-state index in [2.05, 4.69) is 29.8 Å². The average Bonchev–Trinajstić information content (AvgIpc) is 2.35. The summed E-state index contributed by atoms with van der Waals surface area (Å²) in [5.41, 5.74) is 0.460. The maximum absolute atomic E-state index is 12.4. The van der Waals surface area contributed by atoms with Gasteiger partial charge in [0.05, 0.1) is 12.0 Å². The van der Waals surface area contributed by atoms with Gasteiger partial charge in [-0.3, -0.25) is 4.79 Å². The Morgan fingerprint density at radius 1 is 1.37 bits per heavy atom. The third-order valence-electron chi connectivity index (χ3n) is 4.96. The van der Waals surface area contributed by atoms with Gasteiger partial charge < -0.3 is 4.74 Å². The summed E-state index contributed by atoms with van der Waals surface area (Å²) in [6.45, 7) is 4.51. The van der Waals surface area contributed by atoms with Crippen molar-refractivity contribution in [2.45, 2.75) is 45.1 Å². The Kier molecular flexibility index (Phi) is 3.20. The van der Waals surface area contributed by atoms with Crippen molar-refractivity contribution in [1.82, 2.24) is 0 Å². The van der Waals surface area contributed by atoms with Gasteiger partial charge in [-0.2, -0.15) is 0 Å². The summed E-state index contributed by atoms with van der Waals surface area (Å²) in [4.78, 5) is 12.4. The molecule has 1 aliphatic carbocycles. The molecule has 0 radical (unpaired) electrons. The van der Waals surface area contributed by atoms with Crippen LogP contribution in [-0.4, -0.2) is 11.4 Å². The van der Waals surface area contributed by atoms with Gasteiger partial charge in [0.2, 0.25) is 0 Å². The Morgan fingerprint density at radius 3 is 2.95 bits per heavy atom. The van der Waals surface area contributed by atoms with E-state index in [4.69, 9.17) is 4.74 Å². The maximum atomic E-state index is 12.4. The number of carbonyl (C=O) groups is 1. The van der Waals surface area contributed by atoms with Gasteiger partial charge in [0.25, 0.3) is 0 Å². The molecule has 0 N–H and O–H groups in total. The number of ketones is 1. The van der Waals surface area contributed by atoms with E-state index < -0.39 is 0 Å². The summed E-state index contributed by atoms with van der Waals surface area (Å²) in [6, 6.07) is 5.71. The van der Waals surface area contributed by atoms with E-state index in [1.54, 1.807) is 0 Å². The van der Waals surface area contributed by atoms with Crippen LogP contribution in [-0.2, 0) is 0 Å². The molecular formula is C16H19BrO2. The molecule has 1 aromatic carbocycles. The van der Waals surface area contributed by atoms with Crippen LogP contribution in [0.5, 0.6) is 5.75 Å². The van der Waals surface area contributed by atoms with Crippen molar-refractivity contribution in [2.24, 2.45) is 11.8 Å². The van der Waals surface area contributed by atoms with E-state index in [-0.39, 0.29) is 11.4 Å². The van der Waals surface area contributed by atoms with Crippen LogP contribution >= 0.6 is 15.9 Å². The normalized spacial score (nSPS) is 33.9. The number of halogens is 1. The van der Waals surface area contributed by atoms with Gasteiger partial charge >= 0.3 is 0 Å². The highest BCUT2D eigenvalue weighted by molar-refractivity contribution is 9.10. The number of rotatable bonds is 0. The summed E-state index contributed by atoms with van der Waals surface area (Å²) in [5, 5.41) is 0. The third-order valence-corrected chi connectivity index (χ3v) is 5.45. The van der Waals surface area contributed by atoms with E-state index in [1.807, 2.05) is 18.2 Å². The van der Waals surface area contributed by atoms with Crippen molar-refractivity contribution in [2.75, 3.05) is 0 Å². The molecule has 1 spiro atoms. The topological polar surface area (TPSA) is 26.3 Å². The molecule has 2 aliphatic rings. The highest BCUT2D eigenvalue weighted by Gasteiger charge is 2.48. The lowest BCUT2D eigenvalue weighted by Gasteiger charge is -2.47. The molecule has 2 nitrogen and oxygen atoms in total. The highest BCUT2D eigenvalue weighted by atomic mass is 79.9. The number of benzene rings is 1. The van der Waals surface area contributed by atoms with E-state index in [0.29, 0.717) is 18.3 Å².